The molecule has 2 heterocycles. The molecular weight excluding hydrogens is 241 g/mol. The van der Waals surface area contributed by atoms with Gasteiger partial charge in [0.05, 0.1) is 0 Å². The first-order valence-corrected chi connectivity index (χ1v) is 5.76. The normalized spacial score (nSPS) is 10.9. The molecule has 1 aromatic carbocycles. The number of fused-ring (bicyclic) bond motifs is 1. The van der Waals surface area contributed by atoms with Gasteiger partial charge in [0.1, 0.15) is 0 Å². The summed E-state index contributed by atoms with van der Waals surface area (Å²) in [5.74, 6) is -0.684. The Labute approximate surface area is 99.5 Å². The fourth-order valence-corrected chi connectivity index (χ4v) is 2.16. The van der Waals surface area contributed by atoms with Gasteiger partial charge < -0.3 is 4.42 Å². The van der Waals surface area contributed by atoms with Crippen LogP contribution < -0.4 is 0 Å². The van der Waals surface area contributed by atoms with E-state index in [1.165, 1.54) is 23.5 Å². The molecule has 0 aliphatic heterocycles. The third-order valence-corrected chi connectivity index (χ3v) is 3.12. The summed E-state index contributed by atoms with van der Waals surface area (Å²) in [6, 6.07) is 6.09. The molecule has 0 amide bonds. The molecule has 5 heteroatoms. The minimum absolute atomic E-state index is 0.104. The first kappa shape index (κ1) is 10.2. The van der Waals surface area contributed by atoms with E-state index >= 15 is 0 Å². The highest BCUT2D eigenvalue weighted by Gasteiger charge is 2.17. The molecule has 0 spiro atoms. The number of para-hydroxylation sites is 1. The smallest absolute Gasteiger partial charge is 0.256 e. The molecule has 3 aromatic rings. The summed E-state index contributed by atoms with van der Waals surface area (Å²) >= 11 is 1.23. The minimum atomic E-state index is -0.472. The number of rotatable bonds is 2. The van der Waals surface area contributed by atoms with Crippen molar-refractivity contribution in [2.45, 2.75) is 0 Å². The minimum Gasteiger partial charge on any atom is -0.449 e. The Balaban J connectivity index is 2.13. The van der Waals surface area contributed by atoms with Crippen molar-refractivity contribution in [1.29, 1.82) is 0 Å². The van der Waals surface area contributed by atoms with Gasteiger partial charge in [-0.05, 0) is 12.1 Å². The van der Waals surface area contributed by atoms with Crippen LogP contribution in [-0.4, -0.2) is 10.8 Å². The Morgan fingerprint density at radius 3 is 3.00 bits per heavy atom. The van der Waals surface area contributed by atoms with Gasteiger partial charge in [-0.25, -0.2) is 9.37 Å². The number of ketones is 1. The summed E-state index contributed by atoms with van der Waals surface area (Å²) in [5, 5.41) is 2.62. The topological polar surface area (TPSA) is 43.1 Å². The first-order chi connectivity index (χ1) is 8.25. The van der Waals surface area contributed by atoms with Crippen LogP contribution in [0, 0.1) is 5.82 Å². The van der Waals surface area contributed by atoms with E-state index in [0.29, 0.717) is 10.4 Å². The van der Waals surface area contributed by atoms with E-state index in [-0.39, 0.29) is 17.1 Å². The van der Waals surface area contributed by atoms with E-state index < -0.39 is 5.82 Å². The van der Waals surface area contributed by atoms with Crippen LogP contribution >= 0.6 is 11.3 Å². The largest absolute Gasteiger partial charge is 0.449 e. The average molecular weight is 247 g/mol. The van der Waals surface area contributed by atoms with Gasteiger partial charge in [0.25, 0.3) is 5.78 Å². The van der Waals surface area contributed by atoms with E-state index in [0.717, 1.165) is 0 Å². The quantitative estimate of drug-likeness (QED) is 0.653. The number of aromatic nitrogens is 1. The van der Waals surface area contributed by atoms with Crippen LogP contribution in [-0.2, 0) is 0 Å². The summed E-state index contributed by atoms with van der Waals surface area (Å²) in [7, 11) is 0. The van der Waals surface area contributed by atoms with Crippen molar-refractivity contribution in [1.82, 2.24) is 4.98 Å². The van der Waals surface area contributed by atoms with Crippen LogP contribution in [0.1, 0.15) is 15.6 Å². The number of furan rings is 1. The molecule has 0 aliphatic carbocycles. The molecule has 2 aromatic heterocycles. The van der Waals surface area contributed by atoms with E-state index in [4.69, 9.17) is 4.42 Å². The van der Waals surface area contributed by atoms with E-state index in [9.17, 15) is 9.18 Å². The molecule has 0 N–H and O–H groups in total. The fourth-order valence-electron chi connectivity index (χ4n) is 1.58. The van der Waals surface area contributed by atoms with Crippen molar-refractivity contribution in [2.75, 3.05) is 0 Å². The zero-order valence-electron chi connectivity index (χ0n) is 8.51. The molecule has 3 rings (SSSR count). The van der Waals surface area contributed by atoms with Crippen LogP contribution in [0.3, 0.4) is 0 Å². The van der Waals surface area contributed by atoms with E-state index in [2.05, 4.69) is 4.98 Å². The molecule has 3 nitrogen and oxygen atoms in total. The molecule has 0 saturated heterocycles. The lowest BCUT2D eigenvalue weighted by Gasteiger charge is -1.90. The van der Waals surface area contributed by atoms with Gasteiger partial charge in [0.2, 0.25) is 0 Å². The average Bonchev–Trinajstić information content (AvgIpc) is 2.98. The van der Waals surface area contributed by atoms with Gasteiger partial charge >= 0.3 is 0 Å². The van der Waals surface area contributed by atoms with Gasteiger partial charge in [-0.3, -0.25) is 4.79 Å². The molecule has 0 fully saturated rings. The summed E-state index contributed by atoms with van der Waals surface area (Å²) < 4.78 is 18.6. The van der Waals surface area contributed by atoms with Crippen LogP contribution in [0.5, 0.6) is 0 Å². The molecular formula is C12H6FNO2S. The molecule has 17 heavy (non-hydrogen) atoms. The van der Waals surface area contributed by atoms with Gasteiger partial charge in [0, 0.05) is 17.0 Å². The number of nitrogens with zero attached hydrogens (tertiary/aromatic N) is 1. The van der Waals surface area contributed by atoms with Crippen LogP contribution in [0.25, 0.3) is 11.0 Å². The highest BCUT2D eigenvalue weighted by molar-refractivity contribution is 7.11. The van der Waals surface area contributed by atoms with Gasteiger partial charge in [-0.15, -0.1) is 11.3 Å². The molecule has 0 radical (unpaired) electrons. The Bertz CT molecular complexity index is 688. The maximum atomic E-state index is 13.4. The second-order valence-corrected chi connectivity index (χ2v) is 4.33. The predicted molar refractivity (Wildman–Crippen MR) is 61.7 cm³/mol. The standard InChI is InChI=1S/C12H6FNO2S/c13-8-3-1-2-7-6-9(16-11(7)8)10(15)12-14-4-5-17-12/h1-6H. The molecule has 84 valence electrons. The maximum Gasteiger partial charge on any atom is 0.256 e. The van der Waals surface area contributed by atoms with Crippen LogP contribution in [0.2, 0.25) is 0 Å². The first-order valence-electron chi connectivity index (χ1n) is 4.88. The monoisotopic (exact) mass is 247 g/mol. The second-order valence-electron chi connectivity index (χ2n) is 3.44. The van der Waals surface area contributed by atoms with Crippen molar-refractivity contribution in [3.63, 3.8) is 0 Å². The van der Waals surface area contributed by atoms with Crippen molar-refractivity contribution < 1.29 is 13.6 Å². The van der Waals surface area contributed by atoms with Gasteiger partial charge in [-0.2, -0.15) is 0 Å². The highest BCUT2D eigenvalue weighted by atomic mass is 32.1. The van der Waals surface area contributed by atoms with E-state index in [1.54, 1.807) is 23.7 Å². The number of benzene rings is 1. The lowest BCUT2D eigenvalue weighted by atomic mass is 10.2. The third-order valence-electron chi connectivity index (χ3n) is 2.35. The van der Waals surface area contributed by atoms with Crippen molar-refractivity contribution >= 4 is 28.1 Å². The SMILES string of the molecule is O=C(c1cc2cccc(F)c2o1)c1nccs1. The lowest BCUT2D eigenvalue weighted by molar-refractivity contribution is 0.101. The number of carbonyl (C=O) groups excluding carboxylic acids is 1. The highest BCUT2D eigenvalue weighted by Crippen LogP contribution is 2.24. The summed E-state index contributed by atoms with van der Waals surface area (Å²) in [6.07, 6.45) is 1.54. The molecule has 0 aliphatic rings. The Morgan fingerprint density at radius 1 is 1.41 bits per heavy atom. The zero-order chi connectivity index (χ0) is 11.8. The molecule has 0 bridgehead atoms. The summed E-state index contributed by atoms with van der Waals surface area (Å²) in [5.41, 5.74) is 0.104. The van der Waals surface area contributed by atoms with Crippen LogP contribution in [0.4, 0.5) is 4.39 Å². The van der Waals surface area contributed by atoms with E-state index in [1.807, 2.05) is 0 Å². The Hall–Kier alpha value is -2.01. The number of hydrogen-bond acceptors (Lipinski definition) is 4. The van der Waals surface area contributed by atoms with Gasteiger partial charge in [-0.1, -0.05) is 12.1 Å². The number of carbonyl (C=O) groups is 1. The Kier molecular flexibility index (Phi) is 2.26. The maximum absolute atomic E-state index is 13.4. The van der Waals surface area contributed by atoms with Crippen molar-refractivity contribution in [2.24, 2.45) is 0 Å². The Morgan fingerprint density at radius 2 is 2.29 bits per heavy atom. The third kappa shape index (κ3) is 1.64. The molecule has 0 unspecified atom stereocenters. The van der Waals surface area contributed by atoms with Crippen molar-refractivity contribution in [3.8, 4) is 0 Å². The number of halogens is 1. The molecule has 0 saturated carbocycles. The summed E-state index contributed by atoms with van der Waals surface area (Å²) in [4.78, 5) is 15.8. The number of thiazole rings is 1. The lowest BCUT2D eigenvalue weighted by Crippen LogP contribution is -1.97. The molecule has 0 atom stereocenters. The predicted octanol–water partition coefficient (Wildman–Crippen LogP) is 3.26. The van der Waals surface area contributed by atoms with Crippen molar-refractivity contribution in [3.05, 3.63) is 52.4 Å². The zero-order valence-corrected chi connectivity index (χ0v) is 9.33. The number of hydrogen-bond donors (Lipinski definition) is 0. The van der Waals surface area contributed by atoms with Gasteiger partial charge in [0.15, 0.2) is 22.2 Å². The van der Waals surface area contributed by atoms with Crippen LogP contribution in [0.15, 0.2) is 40.3 Å². The summed E-state index contributed by atoms with van der Waals surface area (Å²) in [6.45, 7) is 0. The second kappa shape index (κ2) is 3.78. The fraction of sp³-hybridized carbons (Fsp3) is 0.